The third kappa shape index (κ3) is 2.07. The Kier molecular flexibility index (Phi) is 4.29. The molecule has 2 saturated carbocycles. The first-order chi connectivity index (χ1) is 10.8. The lowest BCUT2D eigenvalue weighted by Crippen LogP contribution is -2.65. The summed E-state index contributed by atoms with van der Waals surface area (Å²) in [6, 6.07) is 0. The number of carbonyl (C=O) groups excluding carboxylic acids is 1. The first kappa shape index (κ1) is 17.2. The molecule has 3 aliphatic rings. The van der Waals surface area contributed by atoms with Gasteiger partial charge in [0.25, 0.3) is 0 Å². The van der Waals surface area contributed by atoms with E-state index in [9.17, 15) is 4.79 Å². The van der Waals surface area contributed by atoms with E-state index in [1.807, 2.05) is 6.92 Å². The highest BCUT2D eigenvalue weighted by molar-refractivity contribution is 5.75. The minimum absolute atomic E-state index is 0.0773. The molecule has 1 aliphatic heterocycles. The van der Waals surface area contributed by atoms with E-state index in [1.54, 1.807) is 0 Å². The molecule has 0 amide bonds. The van der Waals surface area contributed by atoms with Crippen LogP contribution in [0.1, 0.15) is 59.8 Å². The van der Waals surface area contributed by atoms with Crippen molar-refractivity contribution >= 4 is 5.97 Å². The summed E-state index contributed by atoms with van der Waals surface area (Å²) in [5.74, 6) is 0.415. The normalized spacial score (nSPS) is 40.5. The van der Waals surface area contributed by atoms with Gasteiger partial charge in [-0.15, -0.1) is 0 Å². The van der Waals surface area contributed by atoms with Gasteiger partial charge in [-0.05, 0) is 68.9 Å². The lowest BCUT2D eigenvalue weighted by molar-refractivity contribution is -0.161. The van der Waals surface area contributed by atoms with E-state index in [2.05, 4.69) is 25.7 Å². The van der Waals surface area contributed by atoms with Crippen molar-refractivity contribution in [3.63, 3.8) is 0 Å². The molecule has 0 unspecified atom stereocenters. The predicted octanol–water partition coefficient (Wildman–Crippen LogP) is 2.81. The van der Waals surface area contributed by atoms with Gasteiger partial charge in [-0.2, -0.15) is 0 Å². The van der Waals surface area contributed by atoms with Gasteiger partial charge in [0.15, 0.2) is 0 Å². The zero-order chi connectivity index (χ0) is 16.9. The fourth-order valence-corrected chi connectivity index (χ4v) is 6.40. The van der Waals surface area contributed by atoms with E-state index in [1.165, 1.54) is 25.7 Å². The van der Waals surface area contributed by atoms with Crippen LogP contribution >= 0.6 is 0 Å². The molecule has 0 aromatic rings. The molecule has 0 spiro atoms. The minimum Gasteiger partial charge on any atom is -0.466 e. The molecule has 2 aliphatic carbocycles. The largest absolute Gasteiger partial charge is 0.466 e. The molecular weight excluding hydrogens is 288 g/mol. The zero-order valence-corrected chi connectivity index (χ0v) is 15.4. The fraction of sp³-hybridized carbons (Fsp3) is 0.947. The lowest BCUT2D eigenvalue weighted by atomic mass is 9.57. The maximum Gasteiger partial charge on any atom is 0.312 e. The quantitative estimate of drug-likeness (QED) is 0.791. The molecule has 3 fully saturated rings. The van der Waals surface area contributed by atoms with E-state index in [4.69, 9.17) is 10.5 Å². The van der Waals surface area contributed by atoms with E-state index in [0.29, 0.717) is 19.1 Å². The molecule has 0 aromatic heterocycles. The molecule has 4 atom stereocenters. The summed E-state index contributed by atoms with van der Waals surface area (Å²) >= 11 is 0. The number of fused-ring (bicyclic) bond motifs is 2. The lowest BCUT2D eigenvalue weighted by Gasteiger charge is -2.56. The minimum atomic E-state index is -0.199. The molecule has 1 saturated heterocycles. The zero-order valence-electron chi connectivity index (χ0n) is 15.4. The number of carbonyl (C=O) groups is 1. The first-order valence-electron chi connectivity index (χ1n) is 9.47. The number of rotatable bonds is 5. The average Bonchev–Trinajstić information content (AvgIpc) is 3.14. The van der Waals surface area contributed by atoms with Crippen LogP contribution in [0.3, 0.4) is 0 Å². The summed E-state index contributed by atoms with van der Waals surface area (Å²) in [5.41, 5.74) is 6.46. The van der Waals surface area contributed by atoms with Crippen molar-refractivity contribution in [2.45, 2.75) is 65.3 Å². The molecule has 4 heteroatoms. The van der Waals surface area contributed by atoms with Crippen LogP contribution in [0.25, 0.3) is 0 Å². The topological polar surface area (TPSA) is 55.6 Å². The second-order valence-corrected chi connectivity index (χ2v) is 8.65. The molecule has 2 N–H and O–H groups in total. The highest BCUT2D eigenvalue weighted by Gasteiger charge is 2.73. The summed E-state index contributed by atoms with van der Waals surface area (Å²) in [5, 5.41) is 0. The Bertz CT molecular complexity index is 472. The third-order valence-electron chi connectivity index (χ3n) is 8.00. The smallest absolute Gasteiger partial charge is 0.312 e. The van der Waals surface area contributed by atoms with Crippen LogP contribution in [-0.2, 0) is 9.53 Å². The molecule has 3 rings (SSSR count). The van der Waals surface area contributed by atoms with E-state index >= 15 is 0 Å². The van der Waals surface area contributed by atoms with E-state index in [0.717, 1.165) is 19.5 Å². The number of nitrogens with zero attached hydrogens (tertiary/aromatic N) is 1. The van der Waals surface area contributed by atoms with E-state index in [-0.39, 0.29) is 28.3 Å². The van der Waals surface area contributed by atoms with Crippen molar-refractivity contribution in [2.75, 3.05) is 26.2 Å². The van der Waals surface area contributed by atoms with Crippen LogP contribution in [0.15, 0.2) is 0 Å². The summed E-state index contributed by atoms with van der Waals surface area (Å²) in [6.45, 7) is 12.2. The Labute approximate surface area is 141 Å². The van der Waals surface area contributed by atoms with Gasteiger partial charge in [0.1, 0.15) is 0 Å². The highest BCUT2D eigenvalue weighted by Crippen LogP contribution is 2.73. The molecule has 132 valence electrons. The third-order valence-corrected chi connectivity index (χ3v) is 8.00. The second-order valence-electron chi connectivity index (χ2n) is 8.65. The van der Waals surface area contributed by atoms with Gasteiger partial charge in [0.2, 0.25) is 0 Å². The van der Waals surface area contributed by atoms with Crippen LogP contribution in [-0.4, -0.2) is 42.6 Å². The van der Waals surface area contributed by atoms with Gasteiger partial charge in [0, 0.05) is 12.1 Å². The van der Waals surface area contributed by atoms with E-state index < -0.39 is 0 Å². The van der Waals surface area contributed by atoms with Gasteiger partial charge in [-0.25, -0.2) is 0 Å². The molecule has 23 heavy (non-hydrogen) atoms. The first-order valence-corrected chi connectivity index (χ1v) is 9.47. The maximum absolute atomic E-state index is 12.8. The van der Waals surface area contributed by atoms with Crippen LogP contribution in [0, 0.1) is 22.7 Å². The summed E-state index contributed by atoms with van der Waals surface area (Å²) in [7, 11) is 0. The van der Waals surface area contributed by atoms with Crippen molar-refractivity contribution in [1.82, 2.24) is 4.90 Å². The summed E-state index contributed by atoms with van der Waals surface area (Å²) in [6.07, 6.45) is 6.08. The van der Waals surface area contributed by atoms with Crippen LogP contribution < -0.4 is 5.73 Å². The maximum atomic E-state index is 12.8. The Balaban J connectivity index is 2.08. The number of hydrogen-bond donors (Lipinski definition) is 1. The molecule has 2 bridgehead atoms. The Hall–Kier alpha value is -0.610. The summed E-state index contributed by atoms with van der Waals surface area (Å²) in [4.78, 5) is 15.5. The van der Waals surface area contributed by atoms with Gasteiger partial charge in [-0.3, -0.25) is 9.69 Å². The van der Waals surface area contributed by atoms with Gasteiger partial charge >= 0.3 is 5.97 Å². The number of nitrogens with two attached hydrogens (primary N) is 1. The SMILES string of the molecule is CCOC(=O)[C@H](CN)[C@]1(N2CCCC2)C[C@H]2CC[C@@]1(C)C2(C)C. The molecule has 0 aromatic carbocycles. The van der Waals surface area contributed by atoms with Crippen LogP contribution in [0.5, 0.6) is 0 Å². The monoisotopic (exact) mass is 322 g/mol. The van der Waals surface area contributed by atoms with Gasteiger partial charge < -0.3 is 10.5 Å². The number of esters is 1. The summed E-state index contributed by atoms with van der Waals surface area (Å²) < 4.78 is 5.47. The van der Waals surface area contributed by atoms with Crippen molar-refractivity contribution in [1.29, 1.82) is 0 Å². The average molecular weight is 322 g/mol. The van der Waals surface area contributed by atoms with Crippen molar-refractivity contribution in [2.24, 2.45) is 28.4 Å². The molecule has 1 heterocycles. The van der Waals surface area contributed by atoms with Crippen LogP contribution in [0.4, 0.5) is 0 Å². The number of hydrogen-bond acceptors (Lipinski definition) is 4. The standard InChI is InChI=1S/C19H34N2O2/c1-5-23-16(22)15(13-20)19(21-10-6-7-11-21)12-14-8-9-18(19,4)17(14,2)3/h14-15H,5-13,20H2,1-4H3/t14-,15+,18+,19-/m1/s1. The predicted molar refractivity (Wildman–Crippen MR) is 91.9 cm³/mol. The number of likely N-dealkylation sites (tertiary alicyclic amines) is 1. The fourth-order valence-electron chi connectivity index (χ4n) is 6.40. The van der Waals surface area contributed by atoms with Gasteiger partial charge in [-0.1, -0.05) is 20.8 Å². The molecular formula is C19H34N2O2. The van der Waals surface area contributed by atoms with Crippen LogP contribution in [0.2, 0.25) is 0 Å². The van der Waals surface area contributed by atoms with Crippen molar-refractivity contribution < 1.29 is 9.53 Å². The molecule has 0 radical (unpaired) electrons. The van der Waals surface area contributed by atoms with Crippen molar-refractivity contribution in [3.8, 4) is 0 Å². The number of ether oxygens (including phenoxy) is 1. The second kappa shape index (κ2) is 5.73. The highest BCUT2D eigenvalue weighted by atomic mass is 16.5. The Morgan fingerprint density at radius 3 is 2.39 bits per heavy atom. The molecule has 4 nitrogen and oxygen atoms in total. The van der Waals surface area contributed by atoms with Gasteiger partial charge in [0.05, 0.1) is 12.5 Å². The Morgan fingerprint density at radius 2 is 1.96 bits per heavy atom. The Morgan fingerprint density at radius 1 is 1.30 bits per heavy atom. The van der Waals surface area contributed by atoms with Crippen molar-refractivity contribution in [3.05, 3.63) is 0 Å².